The molecule has 2 aromatic carbocycles. The van der Waals surface area contributed by atoms with E-state index in [1.807, 2.05) is 6.07 Å². The molecule has 4 aromatic heterocycles. The number of anilines is 1. The summed E-state index contributed by atoms with van der Waals surface area (Å²) in [6.07, 6.45) is 6.57. The molecule has 6 aromatic rings. The van der Waals surface area contributed by atoms with Gasteiger partial charge < -0.3 is 16.2 Å². The first-order valence-electron chi connectivity index (χ1n) is 12.7. The number of carbonyl (C=O) groups excluding carboxylic acids is 1. The molecule has 1 amide bonds. The molecule has 11 nitrogen and oxygen atoms in total. The molecule has 4 heterocycles. The molecule has 0 aliphatic rings. The quantitative estimate of drug-likeness (QED) is 0.289. The minimum absolute atomic E-state index is 0.00779. The van der Waals surface area contributed by atoms with Crippen LogP contribution >= 0.6 is 0 Å². The van der Waals surface area contributed by atoms with E-state index < -0.39 is 17.5 Å². The Bertz CT molecular complexity index is 2080. The van der Waals surface area contributed by atoms with E-state index in [2.05, 4.69) is 32.3 Å². The second kappa shape index (κ2) is 10.0. The first-order valence-corrected chi connectivity index (χ1v) is 12.7. The van der Waals surface area contributed by atoms with Gasteiger partial charge in [-0.25, -0.2) is 9.50 Å². The van der Waals surface area contributed by atoms with Gasteiger partial charge in [0.2, 0.25) is 0 Å². The highest BCUT2D eigenvalue weighted by Crippen LogP contribution is 2.34. The van der Waals surface area contributed by atoms with Crippen LogP contribution in [0.2, 0.25) is 0 Å². The number of hydrogen-bond acceptors (Lipinski definition) is 7. The fourth-order valence-corrected chi connectivity index (χ4v) is 4.87. The van der Waals surface area contributed by atoms with Gasteiger partial charge in [-0.1, -0.05) is 42.2 Å². The predicted molar refractivity (Wildman–Crippen MR) is 154 cm³/mol. The minimum Gasteiger partial charge on any atom is -0.505 e. The van der Waals surface area contributed by atoms with Crippen LogP contribution < -0.4 is 16.6 Å². The van der Waals surface area contributed by atoms with Crippen molar-refractivity contribution in [3.63, 3.8) is 0 Å². The third kappa shape index (κ3) is 4.43. The van der Waals surface area contributed by atoms with E-state index in [0.717, 1.165) is 0 Å². The number of aromatic nitrogens is 6. The van der Waals surface area contributed by atoms with Crippen LogP contribution in [0.4, 0.5) is 5.82 Å². The molecule has 4 N–H and O–H groups in total. The van der Waals surface area contributed by atoms with E-state index in [9.17, 15) is 14.7 Å². The standard InChI is InChI=1S/C30H24N8O3/c1-18(34-29(40)24-27(31)35-37-15-7-14-32-28(24)37)25-26(39)22-11-6-8-20(13-12-19-16-33-36(2)17-19)23(22)30(41)38(25)21-9-4-3-5-10-21/h3-11,14-18,39H,1-2H3,(H2,31,35)(H,34,40)/t18-/m0/s1. The molecule has 0 aliphatic heterocycles. The Morgan fingerprint density at radius 2 is 1.90 bits per heavy atom. The van der Waals surface area contributed by atoms with Crippen LogP contribution in [0.3, 0.4) is 0 Å². The number of para-hydroxylation sites is 1. The zero-order valence-corrected chi connectivity index (χ0v) is 22.1. The number of aromatic hydroxyl groups is 1. The second-order valence-electron chi connectivity index (χ2n) is 9.43. The molecule has 11 heteroatoms. The third-order valence-corrected chi connectivity index (χ3v) is 6.69. The number of fused-ring (bicyclic) bond motifs is 2. The van der Waals surface area contributed by atoms with E-state index in [4.69, 9.17) is 5.73 Å². The third-order valence-electron chi connectivity index (χ3n) is 6.69. The van der Waals surface area contributed by atoms with Crippen LogP contribution in [0.15, 0.2) is 84.2 Å². The first-order chi connectivity index (χ1) is 19.8. The monoisotopic (exact) mass is 544 g/mol. The Morgan fingerprint density at radius 1 is 1.10 bits per heavy atom. The zero-order chi connectivity index (χ0) is 28.7. The summed E-state index contributed by atoms with van der Waals surface area (Å²) in [4.78, 5) is 31.9. The summed E-state index contributed by atoms with van der Waals surface area (Å²) in [6.45, 7) is 1.68. The van der Waals surface area contributed by atoms with E-state index in [-0.39, 0.29) is 33.9 Å². The Hall–Kier alpha value is -5.89. The lowest BCUT2D eigenvalue weighted by Crippen LogP contribution is -2.32. The number of aryl methyl sites for hydroxylation is 1. The Morgan fingerprint density at radius 3 is 2.66 bits per heavy atom. The molecule has 6 rings (SSSR count). The molecule has 0 unspecified atom stereocenters. The summed E-state index contributed by atoms with van der Waals surface area (Å²) in [5, 5.41) is 23.4. The Balaban J connectivity index is 1.52. The van der Waals surface area contributed by atoms with Crippen molar-refractivity contribution in [3.05, 3.63) is 112 Å². The second-order valence-corrected chi connectivity index (χ2v) is 9.43. The Labute approximate surface area is 233 Å². The largest absolute Gasteiger partial charge is 0.505 e. The van der Waals surface area contributed by atoms with E-state index in [1.165, 1.54) is 15.3 Å². The molecule has 1 atom stereocenters. The highest BCUT2D eigenvalue weighted by Gasteiger charge is 2.27. The topological polar surface area (TPSA) is 145 Å². The summed E-state index contributed by atoms with van der Waals surface area (Å²) >= 11 is 0. The van der Waals surface area contributed by atoms with Crippen molar-refractivity contribution in [1.82, 2.24) is 34.3 Å². The van der Waals surface area contributed by atoms with Gasteiger partial charge in [0.25, 0.3) is 11.5 Å². The van der Waals surface area contributed by atoms with Gasteiger partial charge in [0.05, 0.1) is 28.9 Å². The van der Waals surface area contributed by atoms with Gasteiger partial charge in [0, 0.05) is 42.3 Å². The lowest BCUT2D eigenvalue weighted by Gasteiger charge is -2.22. The number of nitrogens with zero attached hydrogens (tertiary/aromatic N) is 6. The van der Waals surface area contributed by atoms with Crippen molar-refractivity contribution in [3.8, 4) is 23.3 Å². The maximum absolute atomic E-state index is 14.2. The SMILES string of the molecule is C[C@H](NC(=O)c1c(N)nn2cccnc12)c1c(O)c2cccc(C#Cc3cnn(C)c3)c2c(=O)n1-c1ccccc1. The molecule has 41 heavy (non-hydrogen) atoms. The molecule has 0 aliphatic carbocycles. The molecule has 0 saturated heterocycles. The van der Waals surface area contributed by atoms with Crippen LogP contribution in [-0.2, 0) is 7.05 Å². The maximum atomic E-state index is 14.2. The van der Waals surface area contributed by atoms with Crippen molar-refractivity contribution in [2.75, 3.05) is 5.73 Å². The average molecular weight is 545 g/mol. The van der Waals surface area contributed by atoms with Gasteiger partial charge in [-0.15, -0.1) is 5.10 Å². The lowest BCUT2D eigenvalue weighted by atomic mass is 10.0. The Kier molecular flexibility index (Phi) is 6.20. The van der Waals surface area contributed by atoms with Gasteiger partial charge in [0.1, 0.15) is 11.3 Å². The zero-order valence-electron chi connectivity index (χ0n) is 22.1. The maximum Gasteiger partial charge on any atom is 0.264 e. The molecule has 0 spiro atoms. The van der Waals surface area contributed by atoms with Gasteiger partial charge in [-0.05, 0) is 31.2 Å². The molecular formula is C30H24N8O3. The molecule has 202 valence electrons. The predicted octanol–water partition coefficient (Wildman–Crippen LogP) is 2.95. The lowest BCUT2D eigenvalue weighted by molar-refractivity contribution is 0.0940. The van der Waals surface area contributed by atoms with Crippen LogP contribution in [0, 0.1) is 11.8 Å². The average Bonchev–Trinajstić information content (AvgIpc) is 3.55. The number of nitrogens with two attached hydrogens (primary N) is 1. The summed E-state index contributed by atoms with van der Waals surface area (Å²) in [7, 11) is 1.79. The van der Waals surface area contributed by atoms with Crippen molar-refractivity contribution in [1.29, 1.82) is 0 Å². The number of nitrogens with one attached hydrogen (secondary N) is 1. The minimum atomic E-state index is -0.831. The first kappa shape index (κ1) is 25.4. The van der Waals surface area contributed by atoms with Crippen molar-refractivity contribution in [2.24, 2.45) is 7.05 Å². The van der Waals surface area contributed by atoms with E-state index >= 15 is 0 Å². The fraction of sp³-hybridized carbons (Fsp3) is 0.100. The molecule has 0 radical (unpaired) electrons. The molecule has 0 saturated carbocycles. The number of rotatable bonds is 4. The summed E-state index contributed by atoms with van der Waals surface area (Å²) in [5.74, 6) is 5.39. The number of hydrogen-bond donors (Lipinski definition) is 3. The number of amides is 1. The fourth-order valence-electron chi connectivity index (χ4n) is 4.87. The normalized spacial score (nSPS) is 11.8. The number of nitrogen functional groups attached to an aromatic ring is 1. The highest BCUT2D eigenvalue weighted by atomic mass is 16.3. The molecule has 0 bridgehead atoms. The summed E-state index contributed by atoms with van der Waals surface area (Å²) < 4.78 is 4.45. The molecule has 0 fully saturated rings. The van der Waals surface area contributed by atoms with Crippen LogP contribution in [0.5, 0.6) is 5.75 Å². The van der Waals surface area contributed by atoms with Crippen LogP contribution in [-0.4, -0.2) is 40.0 Å². The van der Waals surface area contributed by atoms with E-state index in [1.54, 1.807) is 85.8 Å². The number of benzene rings is 2. The van der Waals surface area contributed by atoms with Crippen molar-refractivity contribution < 1.29 is 9.90 Å². The van der Waals surface area contributed by atoms with E-state index in [0.29, 0.717) is 22.2 Å². The van der Waals surface area contributed by atoms with Crippen molar-refractivity contribution in [2.45, 2.75) is 13.0 Å². The van der Waals surface area contributed by atoms with Crippen LogP contribution in [0.25, 0.3) is 22.1 Å². The highest BCUT2D eigenvalue weighted by molar-refractivity contribution is 6.04. The van der Waals surface area contributed by atoms with Crippen LogP contribution in [0.1, 0.15) is 40.1 Å². The number of pyridine rings is 1. The smallest absolute Gasteiger partial charge is 0.264 e. The van der Waals surface area contributed by atoms with Crippen molar-refractivity contribution >= 4 is 28.1 Å². The van der Waals surface area contributed by atoms with Gasteiger partial charge >= 0.3 is 0 Å². The number of carbonyl (C=O) groups is 1. The molecular weight excluding hydrogens is 520 g/mol. The van der Waals surface area contributed by atoms with Gasteiger partial charge in [0.15, 0.2) is 11.5 Å². The summed E-state index contributed by atoms with van der Waals surface area (Å²) in [5.41, 5.74) is 7.88. The van der Waals surface area contributed by atoms with Gasteiger partial charge in [-0.3, -0.25) is 18.8 Å². The van der Waals surface area contributed by atoms with Gasteiger partial charge in [-0.2, -0.15) is 5.10 Å². The summed E-state index contributed by atoms with van der Waals surface area (Å²) in [6, 6.07) is 14.9.